The Morgan fingerprint density at radius 1 is 0.778 bits per heavy atom. The molecule has 0 aliphatic rings. The molecule has 0 radical (unpaired) electrons. The van der Waals surface area contributed by atoms with Crippen LogP contribution in [0, 0.1) is 0 Å². The Morgan fingerprint density at radius 2 is 0.889 bits per heavy atom. The highest BCUT2D eigenvalue weighted by Gasteiger charge is 1.88. The van der Waals surface area contributed by atoms with Crippen molar-refractivity contribution in [2.75, 3.05) is 12.5 Å². The highest BCUT2D eigenvalue weighted by atomic mass is 32.2. The second-order valence-electron chi connectivity index (χ2n) is 2.48. The Kier molecular flexibility index (Phi) is 11.5. The van der Waals surface area contributed by atoms with Crippen molar-refractivity contribution in [2.24, 2.45) is 0 Å². The molecule has 4 N–H and O–H groups in total. The van der Waals surface area contributed by atoms with E-state index in [0.717, 1.165) is 0 Å². The summed E-state index contributed by atoms with van der Waals surface area (Å²) in [6, 6.07) is 0. The maximum atomic E-state index is 9.55. The van der Waals surface area contributed by atoms with Crippen molar-refractivity contribution >= 4 is 32.2 Å². The van der Waals surface area contributed by atoms with Crippen LogP contribution in [0.2, 0.25) is 0 Å². The van der Waals surface area contributed by atoms with Gasteiger partial charge in [0.15, 0.2) is 0 Å². The minimum absolute atomic E-state index is 0.558. The van der Waals surface area contributed by atoms with E-state index >= 15 is 0 Å². The summed E-state index contributed by atoms with van der Waals surface area (Å²) in [7, 11) is -7.33. The van der Waals surface area contributed by atoms with E-state index in [1.165, 1.54) is 0 Å². The molecule has 0 amide bonds. The van der Waals surface area contributed by atoms with Gasteiger partial charge in [0, 0.05) is 12.2 Å². The number of hydrogen-bond donors (Lipinski definition) is 4. The number of carbonyl (C=O) groups is 2. The molecule has 0 heterocycles. The topological polar surface area (TPSA) is 183 Å². The largest absolute Gasteiger partial charge is 0.478 e. The van der Waals surface area contributed by atoms with Crippen LogP contribution in [0.25, 0.3) is 0 Å². The average molecular weight is 308 g/mol. The van der Waals surface area contributed by atoms with E-state index in [-0.39, 0.29) is 0 Å². The zero-order valence-electron chi connectivity index (χ0n) is 9.21. The molecule has 0 aliphatic heterocycles. The predicted octanol–water partition coefficient (Wildman–Crippen LogP) is -1.28. The number of carboxylic acid groups (broad SMARTS) is 2. The first-order valence-corrected chi connectivity index (χ1v) is 7.31. The monoisotopic (exact) mass is 308 g/mol. The summed E-state index contributed by atoms with van der Waals surface area (Å²) in [5.41, 5.74) is 0. The van der Waals surface area contributed by atoms with Crippen molar-refractivity contribution in [1.82, 2.24) is 0 Å². The summed E-state index contributed by atoms with van der Waals surface area (Å²) >= 11 is 0. The molecule has 10 nitrogen and oxygen atoms in total. The van der Waals surface area contributed by atoms with Crippen LogP contribution in [0.3, 0.4) is 0 Å². The van der Waals surface area contributed by atoms with Gasteiger partial charge in [-0.3, -0.25) is 9.11 Å². The lowest BCUT2D eigenvalue weighted by atomic mass is 10.5. The number of aliphatic carboxylic acids is 2. The van der Waals surface area contributed by atoms with Gasteiger partial charge in [-0.25, -0.2) is 9.59 Å². The molecule has 0 atom stereocenters. The van der Waals surface area contributed by atoms with Gasteiger partial charge in [0.2, 0.25) is 0 Å². The third-order valence-corrected chi connectivity index (χ3v) is 0.368. The molecule has 0 aliphatic carbocycles. The quantitative estimate of drug-likeness (QED) is 0.354. The number of hydrogen-bond acceptors (Lipinski definition) is 6. The molecule has 108 valence electrons. The van der Waals surface area contributed by atoms with Crippen LogP contribution in [-0.4, -0.2) is 60.6 Å². The normalized spacial score (nSPS) is 10.7. The van der Waals surface area contributed by atoms with Crippen molar-refractivity contribution in [3.8, 4) is 0 Å². The lowest BCUT2D eigenvalue weighted by molar-refractivity contribution is -0.134. The van der Waals surface area contributed by atoms with Gasteiger partial charge in [0.05, 0.1) is 12.5 Å². The lowest BCUT2D eigenvalue weighted by Crippen LogP contribution is -1.91. The summed E-state index contributed by atoms with van der Waals surface area (Å²) in [6.07, 6.45) is 2.55. The first-order chi connectivity index (χ1) is 7.63. The average Bonchev–Trinajstić information content (AvgIpc) is 1.93. The zero-order chi connectivity index (χ0) is 15.6. The van der Waals surface area contributed by atoms with Crippen LogP contribution >= 0.6 is 0 Å². The fourth-order valence-electron chi connectivity index (χ4n) is 0.143. The molecule has 0 saturated heterocycles. The van der Waals surface area contributed by atoms with E-state index in [1.54, 1.807) is 0 Å². The van der Waals surface area contributed by atoms with Crippen LogP contribution < -0.4 is 0 Å². The molecule has 0 saturated carbocycles. The SMILES string of the molecule is CS(=O)(=O)O.CS(=O)(=O)O.O=C(O)C=CC(=O)O. The number of carboxylic acids is 2. The van der Waals surface area contributed by atoms with Crippen LogP contribution in [0.5, 0.6) is 0 Å². The fraction of sp³-hybridized carbons (Fsp3) is 0.333. The summed E-state index contributed by atoms with van der Waals surface area (Å²) in [4.78, 5) is 19.1. The molecule has 18 heavy (non-hydrogen) atoms. The Balaban J connectivity index is -0.000000197. The molecule has 0 aromatic carbocycles. The summed E-state index contributed by atoms with van der Waals surface area (Å²) in [5.74, 6) is -2.51. The molecule has 0 aromatic heterocycles. The maximum Gasteiger partial charge on any atom is 0.328 e. The summed E-state index contributed by atoms with van der Waals surface area (Å²) in [5, 5.41) is 15.6. The van der Waals surface area contributed by atoms with E-state index in [0.29, 0.717) is 24.7 Å². The smallest absolute Gasteiger partial charge is 0.328 e. The fourth-order valence-corrected chi connectivity index (χ4v) is 0.143. The van der Waals surface area contributed by atoms with Crippen LogP contribution in [0.4, 0.5) is 0 Å². The summed E-state index contributed by atoms with van der Waals surface area (Å²) < 4.78 is 51.7. The molecule has 0 rings (SSSR count). The third-order valence-electron chi connectivity index (χ3n) is 0.368. The van der Waals surface area contributed by atoms with E-state index < -0.39 is 32.2 Å². The van der Waals surface area contributed by atoms with Gasteiger partial charge >= 0.3 is 11.9 Å². The standard InChI is InChI=1S/C4H4O4.2CH4O3S/c5-3(6)1-2-4(7)8;2*1-5(2,3)4/h1-2H,(H,5,6)(H,7,8);2*1H3,(H,2,3,4). The highest BCUT2D eigenvalue weighted by Crippen LogP contribution is 1.70. The van der Waals surface area contributed by atoms with E-state index in [1.807, 2.05) is 0 Å². The molecule has 0 unspecified atom stereocenters. The maximum absolute atomic E-state index is 9.55. The zero-order valence-corrected chi connectivity index (χ0v) is 10.8. The van der Waals surface area contributed by atoms with E-state index in [9.17, 15) is 26.4 Å². The lowest BCUT2D eigenvalue weighted by Gasteiger charge is -1.74. The second kappa shape index (κ2) is 9.52. The molecular weight excluding hydrogens is 296 g/mol. The van der Waals surface area contributed by atoms with Gasteiger partial charge in [0.1, 0.15) is 0 Å². The molecule has 0 spiro atoms. The Labute approximate surface area is 103 Å². The van der Waals surface area contributed by atoms with Gasteiger partial charge in [-0.2, -0.15) is 16.8 Å². The van der Waals surface area contributed by atoms with Crippen molar-refractivity contribution in [3.63, 3.8) is 0 Å². The van der Waals surface area contributed by atoms with Crippen molar-refractivity contribution in [2.45, 2.75) is 0 Å². The van der Waals surface area contributed by atoms with Gasteiger partial charge in [0.25, 0.3) is 20.2 Å². The second-order valence-corrected chi connectivity index (χ2v) is 5.41. The van der Waals surface area contributed by atoms with Gasteiger partial charge in [-0.15, -0.1) is 0 Å². The van der Waals surface area contributed by atoms with E-state index in [4.69, 9.17) is 19.3 Å². The third kappa shape index (κ3) is 216. The molecule has 0 fully saturated rings. The van der Waals surface area contributed by atoms with Gasteiger partial charge < -0.3 is 10.2 Å². The Hall–Kier alpha value is -1.50. The molecular formula is C6H12O10S2. The minimum Gasteiger partial charge on any atom is -0.478 e. The van der Waals surface area contributed by atoms with Crippen LogP contribution in [0.15, 0.2) is 12.2 Å². The van der Waals surface area contributed by atoms with Crippen LogP contribution in [-0.2, 0) is 29.8 Å². The van der Waals surface area contributed by atoms with Crippen LogP contribution in [0.1, 0.15) is 0 Å². The molecule has 12 heteroatoms. The Bertz CT molecular complexity index is 420. The Morgan fingerprint density at radius 3 is 0.944 bits per heavy atom. The molecule has 0 aromatic rings. The van der Waals surface area contributed by atoms with Gasteiger partial charge in [-0.05, 0) is 0 Å². The summed E-state index contributed by atoms with van der Waals surface area (Å²) in [6.45, 7) is 0. The van der Waals surface area contributed by atoms with Crippen molar-refractivity contribution in [3.05, 3.63) is 12.2 Å². The first-order valence-electron chi connectivity index (χ1n) is 3.61. The molecule has 0 bridgehead atoms. The number of rotatable bonds is 2. The van der Waals surface area contributed by atoms with Gasteiger partial charge in [-0.1, -0.05) is 0 Å². The highest BCUT2D eigenvalue weighted by molar-refractivity contribution is 7.85. The minimum atomic E-state index is -3.67. The van der Waals surface area contributed by atoms with Crippen molar-refractivity contribution < 1.29 is 45.7 Å². The first kappa shape index (κ1) is 21.8. The van der Waals surface area contributed by atoms with E-state index in [2.05, 4.69) is 0 Å². The van der Waals surface area contributed by atoms with Crippen molar-refractivity contribution in [1.29, 1.82) is 0 Å². The predicted molar refractivity (Wildman–Crippen MR) is 59.4 cm³/mol.